The highest BCUT2D eigenvalue weighted by molar-refractivity contribution is 6.22. The predicted octanol–water partition coefficient (Wildman–Crippen LogP) is 6.65. The van der Waals surface area contributed by atoms with Crippen LogP contribution in [-0.2, 0) is 20.3 Å². The number of unbranched alkanes of at least 4 members (excludes halogenated alkanes) is 2. The molecule has 0 saturated heterocycles. The molecule has 0 aliphatic rings. The number of hydrogen-bond donors (Lipinski definition) is 0. The smallest absolute Gasteiger partial charge is 0.0654 e. The molecule has 1 aromatic rings. The summed E-state index contributed by atoms with van der Waals surface area (Å²) in [5, 5.41) is -0.263. The second-order valence-electron chi connectivity index (χ2n) is 8.43. The maximum absolute atomic E-state index is 6.80. The van der Waals surface area contributed by atoms with Crippen LogP contribution in [0.3, 0.4) is 0 Å². The number of benzene rings is 1. The van der Waals surface area contributed by atoms with Crippen molar-refractivity contribution in [3.63, 3.8) is 0 Å². The van der Waals surface area contributed by atoms with Crippen LogP contribution in [0.15, 0.2) is 36.9 Å². The van der Waals surface area contributed by atoms with Crippen molar-refractivity contribution in [2.24, 2.45) is 0 Å². The Morgan fingerprint density at radius 1 is 0.926 bits per heavy atom. The van der Waals surface area contributed by atoms with Crippen LogP contribution in [0.25, 0.3) is 0 Å². The molecule has 1 unspecified atom stereocenters. The maximum atomic E-state index is 6.80. The first-order valence-electron chi connectivity index (χ1n) is 10.3. The highest BCUT2D eigenvalue weighted by Gasteiger charge is 2.39. The van der Waals surface area contributed by atoms with E-state index < -0.39 is 5.41 Å². The van der Waals surface area contributed by atoms with E-state index in [-0.39, 0.29) is 10.8 Å². The average Bonchev–Trinajstić information content (AvgIpc) is 2.66. The molecule has 1 aromatic carbocycles. The van der Waals surface area contributed by atoms with Crippen LogP contribution < -0.4 is 0 Å². The number of hydrogen-bond acceptors (Lipinski definition) is 2. The minimum atomic E-state index is -0.429. The molecule has 0 fully saturated rings. The number of rotatable bonds is 13. The fourth-order valence-electron chi connectivity index (χ4n) is 3.06. The van der Waals surface area contributed by atoms with Crippen LogP contribution in [0.1, 0.15) is 71.4 Å². The van der Waals surface area contributed by atoms with E-state index in [1.165, 1.54) is 5.56 Å². The van der Waals surface area contributed by atoms with Crippen molar-refractivity contribution in [3.05, 3.63) is 48.0 Å². The van der Waals surface area contributed by atoms with Crippen LogP contribution in [0.5, 0.6) is 0 Å². The summed E-state index contributed by atoms with van der Waals surface area (Å²) in [6, 6.07) is 8.78. The number of allylic oxidation sites excluding steroid dienone is 1. The molecule has 0 heterocycles. The highest BCUT2D eigenvalue weighted by Crippen LogP contribution is 2.35. The highest BCUT2D eigenvalue weighted by atomic mass is 35.5. The van der Waals surface area contributed by atoms with Gasteiger partial charge in [-0.2, -0.15) is 0 Å². The molecule has 0 radical (unpaired) electrons. The van der Waals surface area contributed by atoms with Crippen molar-refractivity contribution in [3.8, 4) is 0 Å². The summed E-state index contributed by atoms with van der Waals surface area (Å²) in [5.41, 5.74) is 2.16. The lowest BCUT2D eigenvalue weighted by Crippen LogP contribution is -2.44. The summed E-state index contributed by atoms with van der Waals surface area (Å²) < 4.78 is 12.1. The minimum Gasteiger partial charge on any atom is -0.380 e. The molecule has 1 rings (SSSR count). The normalized spacial score (nSPS) is 13.6. The van der Waals surface area contributed by atoms with E-state index in [2.05, 4.69) is 65.5 Å². The maximum Gasteiger partial charge on any atom is 0.0654 e. The van der Waals surface area contributed by atoms with Gasteiger partial charge < -0.3 is 9.47 Å². The van der Waals surface area contributed by atoms with Crippen molar-refractivity contribution in [1.29, 1.82) is 0 Å². The molecular formula is C24H39ClO2. The van der Waals surface area contributed by atoms with Crippen molar-refractivity contribution in [2.45, 2.75) is 76.5 Å². The zero-order chi connectivity index (χ0) is 20.3. The fourth-order valence-corrected chi connectivity index (χ4v) is 3.31. The zero-order valence-electron chi connectivity index (χ0n) is 18.0. The molecule has 2 nitrogen and oxygen atoms in total. The second kappa shape index (κ2) is 11.9. The minimum absolute atomic E-state index is 0.120. The van der Waals surface area contributed by atoms with Crippen molar-refractivity contribution in [1.82, 2.24) is 0 Å². The van der Waals surface area contributed by atoms with Gasteiger partial charge in [0, 0.05) is 13.2 Å². The molecule has 0 spiro atoms. The first-order chi connectivity index (χ1) is 12.8. The molecule has 27 heavy (non-hydrogen) atoms. The topological polar surface area (TPSA) is 18.5 Å². The van der Waals surface area contributed by atoms with E-state index in [4.69, 9.17) is 21.1 Å². The van der Waals surface area contributed by atoms with E-state index in [9.17, 15) is 0 Å². The van der Waals surface area contributed by atoms with Crippen LogP contribution in [-0.4, -0.2) is 31.8 Å². The van der Waals surface area contributed by atoms with Crippen LogP contribution in [0.2, 0.25) is 0 Å². The summed E-state index contributed by atoms with van der Waals surface area (Å²) >= 11 is 6.80. The Balaban J connectivity index is 3.15. The van der Waals surface area contributed by atoms with Gasteiger partial charge >= 0.3 is 0 Å². The van der Waals surface area contributed by atoms with Gasteiger partial charge in [-0.05, 0) is 29.4 Å². The SMILES string of the molecule is C=CC(Cl)C(COCCCC)(COCCCC)c1ccc(C(C)(C)C)cc1. The van der Waals surface area contributed by atoms with E-state index in [0.717, 1.165) is 44.5 Å². The van der Waals surface area contributed by atoms with Gasteiger partial charge in [0.25, 0.3) is 0 Å². The lowest BCUT2D eigenvalue weighted by Gasteiger charge is -2.37. The molecule has 0 N–H and O–H groups in total. The van der Waals surface area contributed by atoms with Gasteiger partial charge in [0.1, 0.15) is 0 Å². The Bertz CT molecular complexity index is 518. The molecule has 1 atom stereocenters. The Kier molecular flexibility index (Phi) is 10.7. The molecule has 0 aliphatic heterocycles. The lowest BCUT2D eigenvalue weighted by molar-refractivity contribution is 0.0192. The largest absolute Gasteiger partial charge is 0.380 e. The number of ether oxygens (including phenoxy) is 2. The Morgan fingerprint density at radius 2 is 1.37 bits per heavy atom. The van der Waals surface area contributed by atoms with Gasteiger partial charge in [-0.25, -0.2) is 0 Å². The third-order valence-electron chi connectivity index (χ3n) is 5.06. The quantitative estimate of drug-likeness (QED) is 0.212. The van der Waals surface area contributed by atoms with Crippen molar-refractivity contribution < 1.29 is 9.47 Å². The molecule has 0 aliphatic carbocycles. The van der Waals surface area contributed by atoms with Gasteiger partial charge in [0.2, 0.25) is 0 Å². The van der Waals surface area contributed by atoms with Crippen LogP contribution >= 0.6 is 11.6 Å². The standard InChI is InChI=1S/C24H39ClO2/c1-7-10-16-26-18-24(22(25)9-3,19-27-17-11-8-2)21-14-12-20(13-15-21)23(4,5)6/h9,12-15,22H,3,7-8,10-11,16-19H2,1-2,4-6H3. The van der Waals surface area contributed by atoms with E-state index in [0.29, 0.717) is 13.2 Å². The summed E-state index contributed by atoms with van der Waals surface area (Å²) in [5.74, 6) is 0. The average molecular weight is 395 g/mol. The Labute approximate surface area is 172 Å². The lowest BCUT2D eigenvalue weighted by atomic mass is 9.76. The fraction of sp³-hybridized carbons (Fsp3) is 0.667. The molecule has 0 aromatic heterocycles. The Morgan fingerprint density at radius 3 is 1.74 bits per heavy atom. The first-order valence-corrected chi connectivity index (χ1v) is 10.8. The van der Waals surface area contributed by atoms with E-state index >= 15 is 0 Å². The summed E-state index contributed by atoms with van der Waals surface area (Å²) in [7, 11) is 0. The third-order valence-corrected chi connectivity index (χ3v) is 5.66. The third kappa shape index (κ3) is 7.25. The summed E-state index contributed by atoms with van der Waals surface area (Å²) in [6.45, 7) is 17.5. The molecule has 0 saturated carbocycles. The van der Waals surface area contributed by atoms with Crippen LogP contribution in [0.4, 0.5) is 0 Å². The second-order valence-corrected chi connectivity index (χ2v) is 8.90. The van der Waals surface area contributed by atoms with E-state index in [1.807, 2.05) is 6.08 Å². The summed E-state index contributed by atoms with van der Waals surface area (Å²) in [6.07, 6.45) is 6.15. The molecule has 154 valence electrons. The van der Waals surface area contributed by atoms with Crippen molar-refractivity contribution >= 4 is 11.6 Å². The molecule has 0 bridgehead atoms. The van der Waals surface area contributed by atoms with Crippen LogP contribution in [0, 0.1) is 0 Å². The van der Waals surface area contributed by atoms with Crippen molar-refractivity contribution in [2.75, 3.05) is 26.4 Å². The zero-order valence-corrected chi connectivity index (χ0v) is 18.8. The molecular weight excluding hydrogens is 356 g/mol. The number of halogens is 1. The van der Waals surface area contributed by atoms with Gasteiger partial charge in [-0.3, -0.25) is 0 Å². The molecule has 0 amide bonds. The summed E-state index contributed by atoms with van der Waals surface area (Å²) in [4.78, 5) is 0. The first kappa shape index (κ1) is 24.2. The number of alkyl halides is 1. The van der Waals surface area contributed by atoms with E-state index in [1.54, 1.807) is 0 Å². The molecule has 3 heteroatoms. The Hall–Kier alpha value is -0.830. The monoisotopic (exact) mass is 394 g/mol. The van der Waals surface area contributed by atoms with Gasteiger partial charge in [-0.1, -0.05) is 77.8 Å². The predicted molar refractivity (Wildman–Crippen MR) is 118 cm³/mol. The van der Waals surface area contributed by atoms with Gasteiger partial charge in [0.05, 0.1) is 24.0 Å². The van der Waals surface area contributed by atoms with Gasteiger partial charge in [-0.15, -0.1) is 18.2 Å². The van der Waals surface area contributed by atoms with Gasteiger partial charge in [0.15, 0.2) is 0 Å².